The zero-order valence-corrected chi connectivity index (χ0v) is 15.4. The first kappa shape index (κ1) is 15.6. The Kier molecular flexibility index (Phi) is 3.75. The molecule has 0 bridgehead atoms. The van der Waals surface area contributed by atoms with Gasteiger partial charge in [-0.15, -0.1) is 11.3 Å². The summed E-state index contributed by atoms with van der Waals surface area (Å²) >= 11 is 1.89. The molecule has 1 saturated heterocycles. The van der Waals surface area contributed by atoms with Gasteiger partial charge < -0.3 is 9.32 Å². The van der Waals surface area contributed by atoms with E-state index in [9.17, 15) is 4.79 Å². The van der Waals surface area contributed by atoms with Crippen molar-refractivity contribution in [1.29, 1.82) is 0 Å². The van der Waals surface area contributed by atoms with Crippen LogP contribution in [0.2, 0.25) is 0 Å². The maximum atomic E-state index is 12.4. The Morgan fingerprint density at radius 2 is 2.12 bits per heavy atom. The summed E-state index contributed by atoms with van der Waals surface area (Å²) in [5.41, 5.74) is 1.43. The second-order valence-electron chi connectivity index (χ2n) is 7.87. The predicted molar refractivity (Wildman–Crippen MR) is 97.6 cm³/mol. The third-order valence-corrected chi connectivity index (χ3v) is 7.22. The van der Waals surface area contributed by atoms with Crippen LogP contribution in [0.3, 0.4) is 0 Å². The van der Waals surface area contributed by atoms with Gasteiger partial charge in [-0.05, 0) is 66.7 Å². The highest BCUT2D eigenvalue weighted by atomic mass is 32.1. The van der Waals surface area contributed by atoms with E-state index in [1.165, 1.54) is 29.8 Å². The molecule has 5 heteroatoms. The lowest BCUT2D eigenvalue weighted by molar-refractivity contribution is 0.0730. The standard InChI is InChI=1S/C20H24N2O2S/c1-13-6-8-25-19(13)12-21(14-4-5-14)9-15-16-10-22(11-17(15)16)20(23)18-3-2-7-24-18/h2-3,6-8,14-17H,4-5,9-12H2,1H3/t15?,16-,17+. The van der Waals surface area contributed by atoms with Crippen LogP contribution in [0.25, 0.3) is 0 Å². The summed E-state index contributed by atoms with van der Waals surface area (Å²) in [6.45, 7) is 6.36. The number of carbonyl (C=O) groups is 1. The molecule has 3 heterocycles. The second kappa shape index (κ2) is 5.99. The maximum Gasteiger partial charge on any atom is 0.289 e. The SMILES string of the molecule is Cc1ccsc1CN(CC1[C@H]2CN(C(=O)c3ccco3)C[C@@H]12)C1CC1. The van der Waals surface area contributed by atoms with E-state index in [0.717, 1.165) is 31.6 Å². The van der Waals surface area contributed by atoms with E-state index in [4.69, 9.17) is 4.42 Å². The molecule has 132 valence electrons. The molecule has 0 N–H and O–H groups in total. The predicted octanol–water partition coefficient (Wildman–Crippen LogP) is 3.63. The van der Waals surface area contributed by atoms with Crippen LogP contribution in [-0.4, -0.2) is 41.4 Å². The number of thiophene rings is 1. The third-order valence-electron chi connectivity index (χ3n) is 6.21. The summed E-state index contributed by atoms with van der Waals surface area (Å²) in [6.07, 6.45) is 4.29. The number of rotatable bonds is 6. The molecule has 1 amide bonds. The smallest absolute Gasteiger partial charge is 0.289 e. The minimum atomic E-state index is 0.0595. The molecular weight excluding hydrogens is 332 g/mol. The largest absolute Gasteiger partial charge is 0.459 e. The summed E-state index contributed by atoms with van der Waals surface area (Å²) in [7, 11) is 0. The molecule has 1 unspecified atom stereocenters. The number of hydrogen-bond donors (Lipinski definition) is 0. The van der Waals surface area contributed by atoms with Gasteiger partial charge in [0.2, 0.25) is 0 Å². The van der Waals surface area contributed by atoms with Crippen LogP contribution in [0, 0.1) is 24.7 Å². The monoisotopic (exact) mass is 356 g/mol. The van der Waals surface area contributed by atoms with Crippen LogP contribution in [0.4, 0.5) is 0 Å². The van der Waals surface area contributed by atoms with E-state index < -0.39 is 0 Å². The van der Waals surface area contributed by atoms with Gasteiger partial charge in [0, 0.05) is 37.1 Å². The summed E-state index contributed by atoms with van der Waals surface area (Å²) in [4.78, 5) is 18.6. The molecule has 4 nitrogen and oxygen atoms in total. The lowest BCUT2D eigenvalue weighted by Gasteiger charge is -2.24. The van der Waals surface area contributed by atoms with Gasteiger partial charge >= 0.3 is 0 Å². The van der Waals surface area contributed by atoms with Gasteiger partial charge in [-0.2, -0.15) is 0 Å². The molecule has 2 aromatic heterocycles. The van der Waals surface area contributed by atoms with Crippen LogP contribution in [-0.2, 0) is 6.54 Å². The molecule has 3 aliphatic rings. The van der Waals surface area contributed by atoms with E-state index in [2.05, 4.69) is 23.3 Å². The number of fused-ring (bicyclic) bond motifs is 1. The first-order valence-electron chi connectivity index (χ1n) is 9.30. The van der Waals surface area contributed by atoms with E-state index in [-0.39, 0.29) is 5.91 Å². The average molecular weight is 356 g/mol. The Balaban J connectivity index is 1.18. The topological polar surface area (TPSA) is 36.7 Å². The third kappa shape index (κ3) is 2.93. The first-order chi connectivity index (χ1) is 12.2. The quantitative estimate of drug-likeness (QED) is 0.793. The molecule has 25 heavy (non-hydrogen) atoms. The van der Waals surface area contributed by atoms with Gasteiger partial charge in [-0.25, -0.2) is 0 Å². The number of hydrogen-bond acceptors (Lipinski definition) is 4. The Morgan fingerprint density at radius 1 is 1.32 bits per heavy atom. The number of likely N-dealkylation sites (tertiary alicyclic amines) is 1. The minimum Gasteiger partial charge on any atom is -0.459 e. The molecule has 0 aromatic carbocycles. The summed E-state index contributed by atoms with van der Waals surface area (Å²) in [5, 5.41) is 2.21. The van der Waals surface area contributed by atoms with Crippen molar-refractivity contribution in [3.63, 3.8) is 0 Å². The van der Waals surface area contributed by atoms with Crippen molar-refractivity contribution in [1.82, 2.24) is 9.80 Å². The molecule has 0 spiro atoms. The van der Waals surface area contributed by atoms with Gasteiger partial charge in [0.1, 0.15) is 0 Å². The van der Waals surface area contributed by atoms with Gasteiger partial charge in [-0.3, -0.25) is 9.69 Å². The maximum absolute atomic E-state index is 12.4. The van der Waals surface area contributed by atoms with Crippen molar-refractivity contribution in [3.05, 3.63) is 46.0 Å². The molecule has 2 saturated carbocycles. The highest BCUT2D eigenvalue weighted by Gasteiger charge is 2.57. The fourth-order valence-corrected chi connectivity index (χ4v) is 5.38. The van der Waals surface area contributed by atoms with Gasteiger partial charge in [0.15, 0.2) is 5.76 Å². The van der Waals surface area contributed by atoms with E-state index in [1.807, 2.05) is 16.2 Å². The average Bonchev–Trinajstić information content (AvgIpc) is 3.31. The molecule has 2 aliphatic carbocycles. The molecule has 3 fully saturated rings. The van der Waals surface area contributed by atoms with Crippen molar-refractivity contribution >= 4 is 17.2 Å². The number of carbonyl (C=O) groups excluding carboxylic acids is 1. The second-order valence-corrected chi connectivity index (χ2v) is 8.87. The van der Waals surface area contributed by atoms with Crippen LogP contribution in [0.1, 0.15) is 33.8 Å². The molecule has 5 rings (SSSR count). The first-order valence-corrected chi connectivity index (χ1v) is 10.2. The van der Waals surface area contributed by atoms with Crippen LogP contribution < -0.4 is 0 Å². The fourth-order valence-electron chi connectivity index (χ4n) is 4.45. The Hall–Kier alpha value is -1.59. The Labute approximate surface area is 152 Å². The zero-order chi connectivity index (χ0) is 17.0. The number of furan rings is 1. The van der Waals surface area contributed by atoms with Crippen molar-refractivity contribution in [2.45, 2.75) is 32.4 Å². The number of nitrogens with zero attached hydrogens (tertiary/aromatic N) is 2. The summed E-state index contributed by atoms with van der Waals surface area (Å²) in [6, 6.07) is 6.58. The lowest BCUT2D eigenvalue weighted by Crippen LogP contribution is -2.34. The molecule has 1 aliphatic heterocycles. The van der Waals surface area contributed by atoms with Crippen LogP contribution >= 0.6 is 11.3 Å². The molecule has 0 radical (unpaired) electrons. The normalized spacial score (nSPS) is 27.8. The Morgan fingerprint density at radius 3 is 2.72 bits per heavy atom. The van der Waals surface area contributed by atoms with Gasteiger partial charge in [0.25, 0.3) is 5.91 Å². The fraction of sp³-hybridized carbons (Fsp3) is 0.550. The minimum absolute atomic E-state index is 0.0595. The van der Waals surface area contributed by atoms with Crippen LogP contribution in [0.5, 0.6) is 0 Å². The highest BCUT2D eigenvalue weighted by Crippen LogP contribution is 2.53. The van der Waals surface area contributed by atoms with E-state index in [1.54, 1.807) is 18.4 Å². The molecule has 2 aromatic rings. The highest BCUT2D eigenvalue weighted by molar-refractivity contribution is 7.10. The van der Waals surface area contributed by atoms with Crippen molar-refractivity contribution < 1.29 is 9.21 Å². The van der Waals surface area contributed by atoms with Crippen molar-refractivity contribution in [3.8, 4) is 0 Å². The Bertz CT molecular complexity index is 753. The van der Waals surface area contributed by atoms with E-state index in [0.29, 0.717) is 17.6 Å². The zero-order valence-electron chi connectivity index (χ0n) is 14.6. The van der Waals surface area contributed by atoms with Gasteiger partial charge in [-0.1, -0.05) is 0 Å². The number of piperidine rings is 1. The van der Waals surface area contributed by atoms with Crippen molar-refractivity contribution in [2.24, 2.45) is 17.8 Å². The number of amides is 1. The van der Waals surface area contributed by atoms with Crippen molar-refractivity contribution in [2.75, 3.05) is 19.6 Å². The molecule has 3 atom stereocenters. The number of aryl methyl sites for hydroxylation is 1. The summed E-state index contributed by atoms with van der Waals surface area (Å²) < 4.78 is 5.26. The summed E-state index contributed by atoms with van der Waals surface area (Å²) in [5.74, 6) is 2.71. The van der Waals surface area contributed by atoms with Crippen LogP contribution in [0.15, 0.2) is 34.3 Å². The van der Waals surface area contributed by atoms with E-state index >= 15 is 0 Å². The lowest BCUT2D eigenvalue weighted by atomic mass is 10.2. The van der Waals surface area contributed by atoms with Gasteiger partial charge in [0.05, 0.1) is 6.26 Å². The molecular formula is C20H24N2O2S.